The number of amides is 1. The lowest BCUT2D eigenvalue weighted by atomic mass is 9.95. The minimum atomic E-state index is -0.678. The molecule has 1 N–H and O–H groups in total. The molecule has 0 bridgehead atoms. The zero-order valence-electron chi connectivity index (χ0n) is 16.8. The fraction of sp³-hybridized carbons (Fsp3) is 0.304. The van der Waals surface area contributed by atoms with Crippen LogP contribution in [0, 0.1) is 6.92 Å². The molecule has 0 saturated carbocycles. The molecule has 6 nitrogen and oxygen atoms in total. The zero-order valence-corrected chi connectivity index (χ0v) is 16.8. The number of Topliss-reactive ketones (excluding diaryl/α,β-unsaturated/α-hetero) is 1. The summed E-state index contributed by atoms with van der Waals surface area (Å²) in [6.07, 6.45) is 0.592. The van der Waals surface area contributed by atoms with Crippen molar-refractivity contribution < 1.29 is 24.2 Å². The maximum absolute atomic E-state index is 12.9. The first-order valence-electron chi connectivity index (χ1n) is 9.47. The monoisotopic (exact) mass is 395 g/mol. The Hall–Kier alpha value is -3.12. The lowest BCUT2D eigenvalue weighted by Gasteiger charge is -2.25. The van der Waals surface area contributed by atoms with Crippen LogP contribution >= 0.6 is 0 Å². The Morgan fingerprint density at radius 2 is 1.83 bits per heavy atom. The number of carbonyl (C=O) groups excluding carboxylic acids is 2. The SMILES string of the molecule is COCCCN1C(=O)C(=O)/C(=C(/O)c2ccc(OC)c(C)c2)C1c1ccccc1. The molecule has 152 valence electrons. The lowest BCUT2D eigenvalue weighted by molar-refractivity contribution is -0.140. The number of nitrogens with zero attached hydrogens (tertiary/aromatic N) is 1. The van der Waals surface area contributed by atoms with Gasteiger partial charge in [-0.3, -0.25) is 9.59 Å². The highest BCUT2D eigenvalue weighted by atomic mass is 16.5. The largest absolute Gasteiger partial charge is 0.507 e. The van der Waals surface area contributed by atoms with Crippen molar-refractivity contribution in [2.45, 2.75) is 19.4 Å². The molecule has 1 saturated heterocycles. The standard InChI is InChI=1S/C23H25NO5/c1-15-14-17(10-11-18(15)29-3)21(25)19-20(16-8-5-4-6-9-16)24(12-7-13-28-2)23(27)22(19)26/h4-6,8-11,14,20,25H,7,12-13H2,1-3H3/b21-19+. The predicted molar refractivity (Wildman–Crippen MR) is 110 cm³/mol. The van der Waals surface area contributed by atoms with Crippen LogP contribution in [0.15, 0.2) is 54.1 Å². The maximum atomic E-state index is 12.9. The van der Waals surface area contributed by atoms with E-state index in [-0.39, 0.29) is 11.3 Å². The van der Waals surface area contributed by atoms with Gasteiger partial charge in [0.2, 0.25) is 0 Å². The summed E-state index contributed by atoms with van der Waals surface area (Å²) in [5.41, 5.74) is 2.17. The van der Waals surface area contributed by atoms with Crippen LogP contribution in [-0.4, -0.2) is 49.1 Å². The van der Waals surface area contributed by atoms with Crippen LogP contribution in [-0.2, 0) is 14.3 Å². The number of benzene rings is 2. The summed E-state index contributed by atoms with van der Waals surface area (Å²) in [4.78, 5) is 27.2. The second-order valence-corrected chi connectivity index (χ2v) is 6.93. The normalized spacial score (nSPS) is 18.3. The van der Waals surface area contributed by atoms with Gasteiger partial charge in [0.25, 0.3) is 11.7 Å². The fourth-order valence-corrected chi connectivity index (χ4v) is 3.65. The highest BCUT2D eigenvalue weighted by molar-refractivity contribution is 6.46. The number of aliphatic hydroxyl groups excluding tert-OH is 1. The molecule has 1 amide bonds. The molecule has 6 heteroatoms. The third-order valence-corrected chi connectivity index (χ3v) is 5.07. The topological polar surface area (TPSA) is 76.1 Å². The molecule has 1 aliphatic rings. The van der Waals surface area contributed by atoms with Crippen LogP contribution in [0.2, 0.25) is 0 Å². The highest BCUT2D eigenvalue weighted by Crippen LogP contribution is 2.39. The summed E-state index contributed by atoms with van der Waals surface area (Å²) < 4.78 is 10.4. The van der Waals surface area contributed by atoms with Gasteiger partial charge in [-0.2, -0.15) is 0 Å². The average Bonchev–Trinajstić information content (AvgIpc) is 2.99. The van der Waals surface area contributed by atoms with E-state index in [0.29, 0.717) is 30.9 Å². The number of ketones is 1. The molecule has 1 fully saturated rings. The smallest absolute Gasteiger partial charge is 0.295 e. The van der Waals surface area contributed by atoms with Gasteiger partial charge in [0, 0.05) is 25.8 Å². The molecule has 1 aliphatic heterocycles. The first-order valence-corrected chi connectivity index (χ1v) is 9.47. The van der Waals surface area contributed by atoms with Crippen molar-refractivity contribution in [2.75, 3.05) is 27.4 Å². The minimum Gasteiger partial charge on any atom is -0.507 e. The van der Waals surface area contributed by atoms with Gasteiger partial charge < -0.3 is 19.5 Å². The summed E-state index contributed by atoms with van der Waals surface area (Å²) in [6, 6.07) is 13.8. The Morgan fingerprint density at radius 1 is 1.10 bits per heavy atom. The summed E-state index contributed by atoms with van der Waals surface area (Å²) in [7, 11) is 3.16. The van der Waals surface area contributed by atoms with E-state index in [4.69, 9.17) is 9.47 Å². The van der Waals surface area contributed by atoms with Crippen molar-refractivity contribution in [3.05, 3.63) is 70.8 Å². The van der Waals surface area contributed by atoms with Gasteiger partial charge in [0.1, 0.15) is 11.5 Å². The van der Waals surface area contributed by atoms with Crippen molar-refractivity contribution in [3.63, 3.8) is 0 Å². The number of likely N-dealkylation sites (tertiary alicyclic amines) is 1. The summed E-state index contributed by atoms with van der Waals surface area (Å²) in [5, 5.41) is 11.0. The van der Waals surface area contributed by atoms with E-state index in [1.807, 2.05) is 37.3 Å². The van der Waals surface area contributed by atoms with E-state index in [2.05, 4.69) is 0 Å². The van der Waals surface area contributed by atoms with Gasteiger partial charge in [-0.25, -0.2) is 0 Å². The molecule has 0 aliphatic carbocycles. The van der Waals surface area contributed by atoms with Gasteiger partial charge in [-0.15, -0.1) is 0 Å². The van der Waals surface area contributed by atoms with Crippen LogP contribution in [0.3, 0.4) is 0 Å². The Kier molecular flexibility index (Phi) is 6.34. The van der Waals surface area contributed by atoms with Crippen molar-refractivity contribution >= 4 is 17.4 Å². The fourth-order valence-electron chi connectivity index (χ4n) is 3.65. The van der Waals surface area contributed by atoms with Gasteiger partial charge >= 0.3 is 0 Å². The number of ether oxygens (including phenoxy) is 2. The average molecular weight is 395 g/mol. The third-order valence-electron chi connectivity index (χ3n) is 5.07. The molecule has 29 heavy (non-hydrogen) atoms. The second kappa shape index (κ2) is 8.92. The first kappa shape index (κ1) is 20.6. The quantitative estimate of drug-likeness (QED) is 0.336. The maximum Gasteiger partial charge on any atom is 0.295 e. The summed E-state index contributed by atoms with van der Waals surface area (Å²) in [5.74, 6) is -0.789. The number of aliphatic hydroxyl groups is 1. The number of rotatable bonds is 7. The number of aryl methyl sites for hydroxylation is 1. The second-order valence-electron chi connectivity index (χ2n) is 6.93. The lowest BCUT2D eigenvalue weighted by Crippen LogP contribution is -2.31. The molecule has 2 aromatic carbocycles. The van der Waals surface area contributed by atoms with Crippen molar-refractivity contribution in [1.29, 1.82) is 0 Å². The molecule has 0 aromatic heterocycles. The molecule has 1 atom stereocenters. The number of carbonyl (C=O) groups is 2. The Balaban J connectivity index is 2.11. The van der Waals surface area contributed by atoms with Gasteiger partial charge in [0.05, 0.1) is 18.7 Å². The molecule has 0 radical (unpaired) electrons. The number of methoxy groups -OCH3 is 2. The molecule has 1 heterocycles. The van der Waals surface area contributed by atoms with Gasteiger partial charge in [-0.1, -0.05) is 30.3 Å². The third kappa shape index (κ3) is 4.03. The Labute approximate surface area is 170 Å². The van der Waals surface area contributed by atoms with Crippen LogP contribution in [0.1, 0.15) is 29.2 Å². The van der Waals surface area contributed by atoms with Crippen molar-refractivity contribution in [3.8, 4) is 5.75 Å². The number of hydrogen-bond donors (Lipinski definition) is 1. The van der Waals surface area contributed by atoms with Gasteiger partial charge in [0.15, 0.2) is 0 Å². The zero-order chi connectivity index (χ0) is 21.0. The minimum absolute atomic E-state index is 0.100. The summed E-state index contributed by atoms with van der Waals surface area (Å²) in [6.45, 7) is 2.69. The molecule has 2 aromatic rings. The van der Waals surface area contributed by atoms with Crippen molar-refractivity contribution in [2.24, 2.45) is 0 Å². The molecular formula is C23H25NO5. The van der Waals surface area contributed by atoms with E-state index < -0.39 is 17.7 Å². The van der Waals surface area contributed by atoms with Crippen LogP contribution in [0.4, 0.5) is 0 Å². The predicted octanol–water partition coefficient (Wildman–Crippen LogP) is 3.46. The van der Waals surface area contributed by atoms with Crippen LogP contribution in [0.5, 0.6) is 5.75 Å². The first-order chi connectivity index (χ1) is 14.0. The van der Waals surface area contributed by atoms with E-state index in [0.717, 1.165) is 11.1 Å². The van der Waals surface area contributed by atoms with E-state index in [1.165, 1.54) is 4.90 Å². The Bertz CT molecular complexity index is 936. The molecule has 1 unspecified atom stereocenters. The molecule has 0 spiro atoms. The molecule has 3 rings (SSSR count). The molecular weight excluding hydrogens is 370 g/mol. The Morgan fingerprint density at radius 3 is 2.45 bits per heavy atom. The van der Waals surface area contributed by atoms with Crippen LogP contribution < -0.4 is 4.74 Å². The number of hydrogen-bond acceptors (Lipinski definition) is 5. The summed E-state index contributed by atoms with van der Waals surface area (Å²) >= 11 is 0. The van der Waals surface area contributed by atoms with Crippen LogP contribution in [0.25, 0.3) is 5.76 Å². The van der Waals surface area contributed by atoms with Crippen molar-refractivity contribution in [1.82, 2.24) is 4.90 Å². The van der Waals surface area contributed by atoms with Gasteiger partial charge in [-0.05, 0) is 42.7 Å². The van der Waals surface area contributed by atoms with E-state index in [9.17, 15) is 14.7 Å². The van der Waals surface area contributed by atoms with E-state index in [1.54, 1.807) is 32.4 Å². The highest BCUT2D eigenvalue weighted by Gasteiger charge is 2.45. The van der Waals surface area contributed by atoms with E-state index >= 15 is 0 Å².